The minimum atomic E-state index is -0.232. The van der Waals surface area contributed by atoms with Crippen molar-refractivity contribution in [2.24, 2.45) is 0 Å². The molecule has 0 unspecified atom stereocenters. The molecule has 1 saturated heterocycles. The Hall–Kier alpha value is -3.12. The molecule has 4 rings (SSSR count). The Morgan fingerprint density at radius 2 is 1.48 bits per heavy atom. The van der Waals surface area contributed by atoms with Crippen molar-refractivity contribution >= 4 is 17.4 Å². The molecule has 2 aromatic carbocycles. The first-order valence-corrected chi connectivity index (χ1v) is 11.6. The van der Waals surface area contributed by atoms with Crippen LogP contribution >= 0.6 is 0 Å². The zero-order chi connectivity index (χ0) is 23.7. The van der Waals surface area contributed by atoms with Crippen molar-refractivity contribution in [2.45, 2.75) is 27.7 Å². The number of nitrogens with zero attached hydrogens (tertiary/aromatic N) is 3. The van der Waals surface area contributed by atoms with Crippen LogP contribution in [-0.4, -0.2) is 72.9 Å². The fraction of sp³-hybridized carbons (Fsp3) is 0.407. The molecule has 0 radical (unpaired) electrons. The number of rotatable bonds is 6. The van der Waals surface area contributed by atoms with E-state index >= 15 is 0 Å². The van der Waals surface area contributed by atoms with Crippen molar-refractivity contribution in [1.29, 1.82) is 0 Å². The fourth-order valence-electron chi connectivity index (χ4n) is 4.70. The van der Waals surface area contributed by atoms with E-state index in [0.717, 1.165) is 59.7 Å². The lowest BCUT2D eigenvalue weighted by Gasteiger charge is -2.34. The van der Waals surface area contributed by atoms with Crippen LogP contribution in [0.2, 0.25) is 0 Å². The van der Waals surface area contributed by atoms with Crippen molar-refractivity contribution < 1.29 is 14.3 Å². The van der Waals surface area contributed by atoms with Crippen LogP contribution in [0.3, 0.4) is 0 Å². The Balaban J connectivity index is 1.60. The summed E-state index contributed by atoms with van der Waals surface area (Å²) in [5.74, 6) is 0.307. The van der Waals surface area contributed by atoms with Crippen LogP contribution in [0, 0.1) is 27.7 Å². The van der Waals surface area contributed by atoms with Crippen molar-refractivity contribution in [1.82, 2.24) is 14.7 Å². The largest absolute Gasteiger partial charge is 0.492 e. The van der Waals surface area contributed by atoms with E-state index in [2.05, 4.69) is 29.0 Å². The monoisotopic (exact) mass is 447 g/mol. The molecule has 0 spiro atoms. The highest BCUT2D eigenvalue weighted by atomic mass is 16.5. The number of benzene rings is 2. The zero-order valence-electron chi connectivity index (χ0n) is 20.3. The van der Waals surface area contributed by atoms with Crippen LogP contribution < -0.4 is 4.74 Å². The highest BCUT2D eigenvalue weighted by molar-refractivity contribution is 6.35. The number of carbonyl (C=O) groups is 2. The topological polar surface area (TPSA) is 53.1 Å². The zero-order valence-corrected chi connectivity index (χ0v) is 20.3. The summed E-state index contributed by atoms with van der Waals surface area (Å²) >= 11 is 0. The van der Waals surface area contributed by atoms with E-state index in [4.69, 9.17) is 4.74 Å². The van der Waals surface area contributed by atoms with Gasteiger partial charge in [-0.15, -0.1) is 0 Å². The molecule has 2 amide bonds. The van der Waals surface area contributed by atoms with E-state index in [9.17, 15) is 9.59 Å². The highest BCUT2D eigenvalue weighted by Crippen LogP contribution is 2.34. The summed E-state index contributed by atoms with van der Waals surface area (Å²) in [6, 6.07) is 12.1. The van der Waals surface area contributed by atoms with Gasteiger partial charge in [0.2, 0.25) is 0 Å². The van der Waals surface area contributed by atoms with Gasteiger partial charge >= 0.3 is 0 Å². The van der Waals surface area contributed by atoms with E-state index < -0.39 is 0 Å². The SMILES string of the molecule is Cc1cc(C)cc(OCCN2C(=O)C(c3ccc(C)cc3C)=C(N3CCN(C)CC3)C2=O)c1. The van der Waals surface area contributed by atoms with Gasteiger partial charge in [-0.1, -0.05) is 29.8 Å². The molecule has 2 aliphatic rings. The number of hydrogen-bond donors (Lipinski definition) is 0. The van der Waals surface area contributed by atoms with Gasteiger partial charge in [-0.3, -0.25) is 14.5 Å². The molecule has 6 heteroatoms. The van der Waals surface area contributed by atoms with E-state index in [1.54, 1.807) is 0 Å². The van der Waals surface area contributed by atoms with Crippen molar-refractivity contribution in [2.75, 3.05) is 46.4 Å². The minimum Gasteiger partial charge on any atom is -0.492 e. The lowest BCUT2D eigenvalue weighted by Crippen LogP contribution is -2.46. The number of imide groups is 1. The lowest BCUT2D eigenvalue weighted by molar-refractivity contribution is -0.138. The third-order valence-corrected chi connectivity index (χ3v) is 6.39. The summed E-state index contributed by atoms with van der Waals surface area (Å²) in [5.41, 5.74) is 6.27. The molecule has 0 N–H and O–H groups in total. The van der Waals surface area contributed by atoms with Crippen LogP contribution in [0.4, 0.5) is 0 Å². The van der Waals surface area contributed by atoms with E-state index in [-0.39, 0.29) is 25.0 Å². The van der Waals surface area contributed by atoms with Gasteiger partial charge in [-0.25, -0.2) is 0 Å². The Labute approximate surface area is 196 Å². The number of hydrogen-bond acceptors (Lipinski definition) is 5. The minimum absolute atomic E-state index is 0.219. The molecule has 2 heterocycles. The van der Waals surface area contributed by atoms with Gasteiger partial charge in [0.25, 0.3) is 11.8 Å². The summed E-state index contributed by atoms with van der Waals surface area (Å²) < 4.78 is 5.92. The molecule has 33 heavy (non-hydrogen) atoms. The lowest BCUT2D eigenvalue weighted by atomic mass is 9.97. The maximum atomic E-state index is 13.6. The number of likely N-dealkylation sites (N-methyl/N-ethyl adjacent to an activating group) is 1. The standard InChI is InChI=1S/C27H33N3O3/c1-18-6-7-23(21(4)15-18)24-25(29-10-8-28(5)9-11-29)27(32)30(26(24)31)12-13-33-22-16-19(2)14-20(3)17-22/h6-7,14-17H,8-13H2,1-5H3. The molecule has 174 valence electrons. The van der Waals surface area contributed by atoms with Gasteiger partial charge in [0.05, 0.1) is 12.1 Å². The molecule has 0 saturated carbocycles. The second-order valence-corrected chi connectivity index (χ2v) is 9.27. The average Bonchev–Trinajstić information content (AvgIpc) is 2.98. The molecule has 2 aliphatic heterocycles. The highest BCUT2D eigenvalue weighted by Gasteiger charge is 2.42. The Morgan fingerprint density at radius 1 is 0.818 bits per heavy atom. The Morgan fingerprint density at radius 3 is 2.12 bits per heavy atom. The Bertz CT molecular complexity index is 1090. The normalized spacial score (nSPS) is 17.4. The van der Waals surface area contributed by atoms with Crippen LogP contribution in [0.15, 0.2) is 42.1 Å². The summed E-state index contributed by atoms with van der Waals surface area (Å²) in [7, 11) is 2.08. The van der Waals surface area contributed by atoms with Gasteiger partial charge in [-0.2, -0.15) is 0 Å². The number of piperazine rings is 1. The molecule has 0 aromatic heterocycles. The van der Waals surface area contributed by atoms with Crippen molar-refractivity contribution in [3.8, 4) is 5.75 Å². The smallest absolute Gasteiger partial charge is 0.277 e. The number of carbonyl (C=O) groups excluding carboxylic acids is 2. The first-order valence-electron chi connectivity index (χ1n) is 11.6. The van der Waals surface area contributed by atoms with Gasteiger partial charge in [0.15, 0.2) is 0 Å². The molecule has 0 atom stereocenters. The Kier molecular flexibility index (Phi) is 6.56. The first-order chi connectivity index (χ1) is 15.7. The first kappa shape index (κ1) is 23.1. The molecule has 0 bridgehead atoms. The van der Waals surface area contributed by atoms with Gasteiger partial charge < -0.3 is 14.5 Å². The molecule has 6 nitrogen and oxygen atoms in total. The van der Waals surface area contributed by atoms with Crippen LogP contribution in [-0.2, 0) is 9.59 Å². The van der Waals surface area contributed by atoms with Gasteiger partial charge in [0, 0.05) is 26.2 Å². The molecule has 1 fully saturated rings. The third-order valence-electron chi connectivity index (χ3n) is 6.39. The predicted molar refractivity (Wildman–Crippen MR) is 130 cm³/mol. The second-order valence-electron chi connectivity index (χ2n) is 9.27. The third kappa shape index (κ3) is 4.81. The summed E-state index contributed by atoms with van der Waals surface area (Å²) in [6.07, 6.45) is 0. The molecular formula is C27H33N3O3. The number of amides is 2. The molecule has 2 aromatic rings. The quantitative estimate of drug-likeness (QED) is 0.636. The molecular weight excluding hydrogens is 414 g/mol. The van der Waals surface area contributed by atoms with Crippen LogP contribution in [0.1, 0.15) is 27.8 Å². The summed E-state index contributed by atoms with van der Waals surface area (Å²) in [5, 5.41) is 0. The molecule has 0 aliphatic carbocycles. The van der Waals surface area contributed by atoms with Gasteiger partial charge in [0.1, 0.15) is 18.1 Å². The van der Waals surface area contributed by atoms with Crippen LogP contribution in [0.25, 0.3) is 5.57 Å². The maximum Gasteiger partial charge on any atom is 0.277 e. The van der Waals surface area contributed by atoms with Crippen molar-refractivity contribution in [3.05, 3.63) is 69.9 Å². The number of aryl methyl sites for hydroxylation is 4. The second kappa shape index (κ2) is 9.40. The maximum absolute atomic E-state index is 13.6. The van der Waals surface area contributed by atoms with Crippen molar-refractivity contribution in [3.63, 3.8) is 0 Å². The van der Waals surface area contributed by atoms with E-state index in [1.165, 1.54) is 4.90 Å². The average molecular weight is 448 g/mol. The van der Waals surface area contributed by atoms with E-state index in [0.29, 0.717) is 11.3 Å². The predicted octanol–water partition coefficient (Wildman–Crippen LogP) is 3.33. The number of ether oxygens (including phenoxy) is 1. The summed E-state index contributed by atoms with van der Waals surface area (Å²) in [6.45, 7) is 11.7. The van der Waals surface area contributed by atoms with Gasteiger partial charge in [-0.05, 0) is 69.1 Å². The fourth-order valence-corrected chi connectivity index (χ4v) is 4.70. The van der Waals surface area contributed by atoms with Crippen LogP contribution in [0.5, 0.6) is 5.75 Å². The van der Waals surface area contributed by atoms with E-state index in [1.807, 2.05) is 52.0 Å². The summed E-state index contributed by atoms with van der Waals surface area (Å²) in [4.78, 5) is 32.8.